The Bertz CT molecular complexity index is 551. The number of carbonyl (C=O) groups is 2. The summed E-state index contributed by atoms with van der Waals surface area (Å²) >= 11 is 0. The summed E-state index contributed by atoms with van der Waals surface area (Å²) in [4.78, 5) is 26.0. The Balaban J connectivity index is 3.41. The van der Waals surface area contributed by atoms with E-state index in [2.05, 4.69) is 0 Å². The Kier molecular flexibility index (Phi) is 5.70. The van der Waals surface area contributed by atoms with Gasteiger partial charge in [0.25, 0.3) is 5.91 Å². The smallest absolute Gasteiger partial charge is 0.328 e. The van der Waals surface area contributed by atoms with Gasteiger partial charge in [0.15, 0.2) is 0 Å². The first-order chi connectivity index (χ1) is 9.79. The van der Waals surface area contributed by atoms with Crippen LogP contribution in [-0.4, -0.2) is 25.0 Å². The molecule has 1 amide bonds. The largest absolute Gasteiger partial charge is 0.467 e. The number of anilines is 1. The molecule has 0 aromatic heterocycles. The van der Waals surface area contributed by atoms with Gasteiger partial charge in [-0.15, -0.1) is 0 Å². The van der Waals surface area contributed by atoms with Gasteiger partial charge in [0.05, 0.1) is 12.8 Å². The highest BCUT2D eigenvalue weighted by Gasteiger charge is 2.29. The van der Waals surface area contributed by atoms with E-state index in [1.54, 1.807) is 6.92 Å². The molecular weight excluding hydrogens is 266 g/mol. The monoisotopic (exact) mass is 289 g/mol. The van der Waals surface area contributed by atoms with Crippen LogP contribution in [0.4, 0.5) is 5.69 Å². The number of rotatable bonds is 4. The molecule has 4 nitrogen and oxygen atoms in total. The van der Waals surface area contributed by atoms with Crippen LogP contribution in [0, 0.1) is 13.8 Å². The molecule has 0 aliphatic carbocycles. The molecule has 0 spiro atoms. The Morgan fingerprint density at radius 2 is 1.71 bits per heavy atom. The van der Waals surface area contributed by atoms with Gasteiger partial charge in [0.1, 0.15) is 6.04 Å². The molecule has 0 fully saturated rings. The summed E-state index contributed by atoms with van der Waals surface area (Å²) in [6.45, 7) is 9.23. The summed E-state index contributed by atoms with van der Waals surface area (Å²) in [6.07, 6.45) is 1.53. The van der Waals surface area contributed by atoms with Crippen molar-refractivity contribution < 1.29 is 14.3 Å². The molecule has 1 atom stereocenters. The van der Waals surface area contributed by atoms with Crippen molar-refractivity contribution >= 4 is 17.6 Å². The molecule has 114 valence electrons. The van der Waals surface area contributed by atoms with Crippen molar-refractivity contribution in [3.8, 4) is 0 Å². The number of allylic oxidation sites excluding steroid dienone is 1. The highest BCUT2D eigenvalue weighted by Crippen LogP contribution is 2.27. The van der Waals surface area contributed by atoms with Crippen molar-refractivity contribution in [2.45, 2.75) is 40.7 Å². The van der Waals surface area contributed by atoms with E-state index >= 15 is 0 Å². The van der Waals surface area contributed by atoms with Crippen molar-refractivity contribution in [1.29, 1.82) is 0 Å². The molecule has 0 saturated heterocycles. The third-order valence-corrected chi connectivity index (χ3v) is 3.26. The topological polar surface area (TPSA) is 46.6 Å². The summed E-state index contributed by atoms with van der Waals surface area (Å²) in [5, 5.41) is 0. The van der Waals surface area contributed by atoms with Crippen molar-refractivity contribution in [1.82, 2.24) is 0 Å². The Morgan fingerprint density at radius 1 is 1.19 bits per heavy atom. The van der Waals surface area contributed by atoms with Crippen molar-refractivity contribution in [3.05, 3.63) is 41.0 Å². The van der Waals surface area contributed by atoms with Crippen molar-refractivity contribution in [2.24, 2.45) is 0 Å². The lowest BCUT2D eigenvalue weighted by Crippen LogP contribution is -2.44. The standard InChI is InChI=1S/C17H23NO3/c1-11(2)10-15(19)18(14(5)17(20)21-6)16-12(3)8-7-9-13(16)4/h7-10,14H,1-6H3/t14-/m0/s1. The molecule has 1 aromatic rings. The second-order valence-corrected chi connectivity index (χ2v) is 5.37. The predicted molar refractivity (Wildman–Crippen MR) is 84.3 cm³/mol. The lowest BCUT2D eigenvalue weighted by molar-refractivity contribution is -0.142. The van der Waals surface area contributed by atoms with E-state index in [4.69, 9.17) is 4.74 Å². The molecular formula is C17H23NO3. The maximum absolute atomic E-state index is 12.6. The van der Waals surface area contributed by atoms with Crippen LogP contribution in [-0.2, 0) is 14.3 Å². The van der Waals surface area contributed by atoms with Crippen LogP contribution in [0.15, 0.2) is 29.8 Å². The first-order valence-corrected chi connectivity index (χ1v) is 6.91. The van der Waals surface area contributed by atoms with Gasteiger partial charge in [-0.1, -0.05) is 23.8 Å². The van der Waals surface area contributed by atoms with Gasteiger partial charge in [-0.2, -0.15) is 0 Å². The van der Waals surface area contributed by atoms with Crippen LogP contribution in [0.5, 0.6) is 0 Å². The van der Waals surface area contributed by atoms with Gasteiger partial charge in [0, 0.05) is 6.08 Å². The minimum Gasteiger partial charge on any atom is -0.467 e. The summed E-state index contributed by atoms with van der Waals surface area (Å²) in [6, 6.07) is 5.10. The van der Waals surface area contributed by atoms with Gasteiger partial charge in [-0.3, -0.25) is 9.69 Å². The Hall–Kier alpha value is -2.10. The second kappa shape index (κ2) is 7.07. The van der Waals surface area contributed by atoms with Gasteiger partial charge >= 0.3 is 5.97 Å². The third kappa shape index (κ3) is 3.94. The summed E-state index contributed by atoms with van der Waals surface area (Å²) in [5.41, 5.74) is 3.54. The maximum Gasteiger partial charge on any atom is 0.328 e. The molecule has 0 aliphatic rings. The average molecular weight is 289 g/mol. The van der Waals surface area contributed by atoms with Crippen LogP contribution < -0.4 is 4.90 Å². The number of ether oxygens (including phenoxy) is 1. The number of carbonyl (C=O) groups excluding carboxylic acids is 2. The molecule has 0 bridgehead atoms. The van der Waals surface area contributed by atoms with Crippen LogP contribution in [0.1, 0.15) is 31.9 Å². The molecule has 0 radical (unpaired) electrons. The van der Waals surface area contributed by atoms with Crippen LogP contribution in [0.2, 0.25) is 0 Å². The fourth-order valence-electron chi connectivity index (χ4n) is 2.27. The van der Waals surface area contributed by atoms with Gasteiger partial charge in [-0.25, -0.2) is 4.79 Å². The minimum atomic E-state index is -0.683. The quantitative estimate of drug-likeness (QED) is 0.632. The number of nitrogens with zero attached hydrogens (tertiary/aromatic N) is 1. The fourth-order valence-corrected chi connectivity index (χ4v) is 2.27. The van der Waals surface area contributed by atoms with Gasteiger partial charge < -0.3 is 4.74 Å². The molecule has 0 unspecified atom stereocenters. The zero-order valence-corrected chi connectivity index (χ0v) is 13.6. The second-order valence-electron chi connectivity index (χ2n) is 5.37. The Labute approximate surface area is 126 Å². The fraction of sp³-hybridized carbons (Fsp3) is 0.412. The summed E-state index contributed by atoms with van der Waals surface area (Å²) in [7, 11) is 1.33. The normalized spacial score (nSPS) is 11.5. The summed E-state index contributed by atoms with van der Waals surface area (Å²) < 4.78 is 4.80. The third-order valence-electron chi connectivity index (χ3n) is 3.26. The molecule has 0 N–H and O–H groups in total. The van der Waals surface area contributed by atoms with E-state index in [1.165, 1.54) is 18.1 Å². The molecule has 0 heterocycles. The van der Waals surface area contributed by atoms with Crippen molar-refractivity contribution in [2.75, 3.05) is 12.0 Å². The molecule has 1 rings (SSSR count). The van der Waals surface area contributed by atoms with E-state index in [0.717, 1.165) is 22.4 Å². The first-order valence-electron chi connectivity index (χ1n) is 6.91. The zero-order chi connectivity index (χ0) is 16.2. The molecule has 21 heavy (non-hydrogen) atoms. The number of benzene rings is 1. The lowest BCUT2D eigenvalue weighted by atomic mass is 10.1. The van der Waals surface area contributed by atoms with E-state index in [-0.39, 0.29) is 5.91 Å². The van der Waals surface area contributed by atoms with Crippen LogP contribution in [0.3, 0.4) is 0 Å². The van der Waals surface area contributed by atoms with Gasteiger partial charge in [0.2, 0.25) is 0 Å². The number of methoxy groups -OCH3 is 1. The number of aryl methyl sites for hydroxylation is 2. The van der Waals surface area contributed by atoms with E-state index in [9.17, 15) is 9.59 Å². The predicted octanol–water partition coefficient (Wildman–Crippen LogP) is 3.16. The molecule has 0 aliphatic heterocycles. The van der Waals surface area contributed by atoms with E-state index < -0.39 is 12.0 Å². The minimum absolute atomic E-state index is 0.217. The van der Waals surface area contributed by atoms with Gasteiger partial charge in [-0.05, 0) is 45.7 Å². The highest BCUT2D eigenvalue weighted by atomic mass is 16.5. The SMILES string of the molecule is COC(=O)[C@H](C)N(C(=O)C=C(C)C)c1c(C)cccc1C. The molecule has 4 heteroatoms. The molecule has 0 saturated carbocycles. The first kappa shape index (κ1) is 17.0. The van der Waals surface area contributed by atoms with E-state index in [1.807, 2.05) is 45.9 Å². The number of esters is 1. The van der Waals surface area contributed by atoms with Crippen molar-refractivity contribution in [3.63, 3.8) is 0 Å². The number of hydrogen-bond acceptors (Lipinski definition) is 3. The lowest BCUT2D eigenvalue weighted by Gasteiger charge is -2.29. The van der Waals surface area contributed by atoms with Crippen LogP contribution in [0.25, 0.3) is 0 Å². The average Bonchev–Trinajstić information content (AvgIpc) is 2.40. The number of para-hydroxylation sites is 1. The number of amides is 1. The number of hydrogen-bond donors (Lipinski definition) is 0. The van der Waals surface area contributed by atoms with Crippen LogP contribution >= 0.6 is 0 Å². The summed E-state index contributed by atoms with van der Waals surface area (Å²) in [5.74, 6) is -0.654. The molecule has 1 aromatic carbocycles. The highest BCUT2D eigenvalue weighted by molar-refractivity contribution is 6.06. The maximum atomic E-state index is 12.6. The zero-order valence-electron chi connectivity index (χ0n) is 13.6. The van der Waals surface area contributed by atoms with E-state index in [0.29, 0.717) is 0 Å². The Morgan fingerprint density at radius 3 is 2.14 bits per heavy atom.